The lowest BCUT2D eigenvalue weighted by Crippen LogP contribution is -2.49. The third kappa shape index (κ3) is 4.40. The van der Waals surface area contributed by atoms with Gasteiger partial charge in [-0.3, -0.25) is 14.5 Å². The largest absolute Gasteiger partial charge is 0.481 e. The first-order valence-corrected chi connectivity index (χ1v) is 8.69. The maximum atomic E-state index is 12.4. The average molecular weight is 378 g/mol. The molecule has 1 N–H and O–H groups in total. The van der Waals surface area contributed by atoms with Crippen molar-refractivity contribution in [3.8, 4) is 0 Å². The first kappa shape index (κ1) is 17.9. The Hall–Kier alpha value is -1.88. The number of hydrogen-bond donors (Lipinski definition) is 1. The standard InChI is InChI=1S/C19H17Cl2NO3/c20-16-6-3-13(7-17(16)21)8-18(23)14-4-1-12(2-5-14)9-22-10-15(11-22)19(24)25/h1-7,15H,8-11H2,(H,24,25). The molecule has 0 atom stereocenters. The van der Waals surface area contributed by atoms with Gasteiger partial charge in [0.25, 0.3) is 0 Å². The number of halogens is 2. The van der Waals surface area contributed by atoms with Crippen molar-refractivity contribution in [2.24, 2.45) is 5.92 Å². The lowest BCUT2D eigenvalue weighted by Gasteiger charge is -2.36. The van der Waals surface area contributed by atoms with Crippen molar-refractivity contribution in [2.45, 2.75) is 13.0 Å². The van der Waals surface area contributed by atoms with Crippen LogP contribution in [0.15, 0.2) is 42.5 Å². The molecule has 0 saturated carbocycles. The number of hydrogen-bond acceptors (Lipinski definition) is 3. The summed E-state index contributed by atoms with van der Waals surface area (Å²) in [4.78, 5) is 25.3. The van der Waals surface area contributed by atoms with Crippen molar-refractivity contribution < 1.29 is 14.7 Å². The Bertz CT molecular complexity index is 799. The zero-order valence-corrected chi connectivity index (χ0v) is 14.9. The SMILES string of the molecule is O=C(Cc1ccc(Cl)c(Cl)c1)c1ccc(CN2CC(C(=O)O)C2)cc1. The molecule has 25 heavy (non-hydrogen) atoms. The molecule has 4 nitrogen and oxygen atoms in total. The molecule has 1 aliphatic heterocycles. The number of rotatable bonds is 6. The van der Waals surface area contributed by atoms with E-state index >= 15 is 0 Å². The molecule has 1 saturated heterocycles. The maximum Gasteiger partial charge on any atom is 0.309 e. The first-order valence-electron chi connectivity index (χ1n) is 7.93. The van der Waals surface area contributed by atoms with E-state index < -0.39 is 5.97 Å². The highest BCUT2D eigenvalue weighted by atomic mass is 35.5. The second-order valence-electron chi connectivity index (χ2n) is 6.27. The van der Waals surface area contributed by atoms with Gasteiger partial charge in [-0.2, -0.15) is 0 Å². The number of benzene rings is 2. The Labute approximate surface area is 156 Å². The van der Waals surface area contributed by atoms with Crippen LogP contribution in [-0.2, 0) is 17.8 Å². The maximum absolute atomic E-state index is 12.4. The van der Waals surface area contributed by atoms with Gasteiger partial charge in [0.2, 0.25) is 0 Å². The van der Waals surface area contributed by atoms with E-state index in [9.17, 15) is 9.59 Å². The molecule has 3 rings (SSSR count). The number of likely N-dealkylation sites (tertiary alicyclic amines) is 1. The van der Waals surface area contributed by atoms with Crippen LogP contribution in [0.4, 0.5) is 0 Å². The molecule has 0 radical (unpaired) electrons. The summed E-state index contributed by atoms with van der Waals surface area (Å²) in [7, 11) is 0. The van der Waals surface area contributed by atoms with E-state index in [0.29, 0.717) is 35.2 Å². The summed E-state index contributed by atoms with van der Waals surface area (Å²) in [6, 6.07) is 12.6. The fourth-order valence-electron chi connectivity index (χ4n) is 2.85. The highest BCUT2D eigenvalue weighted by Crippen LogP contribution is 2.23. The molecule has 0 aliphatic carbocycles. The summed E-state index contributed by atoms with van der Waals surface area (Å²) < 4.78 is 0. The molecule has 0 bridgehead atoms. The smallest absolute Gasteiger partial charge is 0.309 e. The van der Waals surface area contributed by atoms with Crippen LogP contribution in [0, 0.1) is 5.92 Å². The van der Waals surface area contributed by atoms with Crippen LogP contribution >= 0.6 is 23.2 Å². The second kappa shape index (κ2) is 7.56. The summed E-state index contributed by atoms with van der Waals surface area (Å²) >= 11 is 11.9. The highest BCUT2D eigenvalue weighted by Gasteiger charge is 2.32. The monoisotopic (exact) mass is 377 g/mol. The van der Waals surface area contributed by atoms with Crippen molar-refractivity contribution in [3.05, 3.63) is 69.2 Å². The zero-order valence-electron chi connectivity index (χ0n) is 13.4. The van der Waals surface area contributed by atoms with Crippen LogP contribution in [-0.4, -0.2) is 34.8 Å². The Kier molecular flexibility index (Phi) is 5.42. The van der Waals surface area contributed by atoms with Crippen LogP contribution in [0.2, 0.25) is 10.0 Å². The first-order chi connectivity index (χ1) is 11.9. The molecule has 0 unspecified atom stereocenters. The van der Waals surface area contributed by atoms with Crippen molar-refractivity contribution in [2.75, 3.05) is 13.1 Å². The van der Waals surface area contributed by atoms with E-state index in [1.807, 2.05) is 24.3 Å². The van der Waals surface area contributed by atoms with Crippen molar-refractivity contribution in [1.82, 2.24) is 4.90 Å². The summed E-state index contributed by atoms with van der Waals surface area (Å²) in [6.07, 6.45) is 0.267. The van der Waals surface area contributed by atoms with E-state index in [-0.39, 0.29) is 18.1 Å². The number of carboxylic acid groups (broad SMARTS) is 1. The number of carbonyl (C=O) groups is 2. The van der Waals surface area contributed by atoms with Gasteiger partial charge in [-0.1, -0.05) is 53.5 Å². The fourth-order valence-corrected chi connectivity index (χ4v) is 3.17. The van der Waals surface area contributed by atoms with E-state index in [2.05, 4.69) is 4.90 Å². The molecular weight excluding hydrogens is 361 g/mol. The van der Waals surface area contributed by atoms with Gasteiger partial charge < -0.3 is 5.11 Å². The van der Waals surface area contributed by atoms with Crippen molar-refractivity contribution in [1.29, 1.82) is 0 Å². The molecule has 1 heterocycles. The molecule has 2 aromatic rings. The summed E-state index contributed by atoms with van der Waals surface area (Å²) in [5.74, 6) is -0.980. The third-order valence-electron chi connectivity index (χ3n) is 4.34. The summed E-state index contributed by atoms with van der Waals surface area (Å²) in [6.45, 7) is 1.85. The van der Waals surface area contributed by atoms with Gasteiger partial charge in [-0.05, 0) is 23.3 Å². The molecular formula is C19H17Cl2NO3. The molecule has 0 amide bonds. The fraction of sp³-hybridized carbons (Fsp3) is 0.263. The Balaban J connectivity index is 1.57. The van der Waals surface area contributed by atoms with Gasteiger partial charge in [0, 0.05) is 31.6 Å². The predicted octanol–water partition coefficient (Wildman–Crippen LogP) is 3.94. The minimum atomic E-state index is -0.737. The van der Waals surface area contributed by atoms with Gasteiger partial charge in [-0.25, -0.2) is 0 Å². The van der Waals surface area contributed by atoms with Crippen LogP contribution < -0.4 is 0 Å². The van der Waals surface area contributed by atoms with Crippen molar-refractivity contribution in [3.63, 3.8) is 0 Å². The Morgan fingerprint density at radius 2 is 1.64 bits per heavy atom. The molecule has 0 aromatic heterocycles. The van der Waals surface area contributed by atoms with Crippen LogP contribution in [0.25, 0.3) is 0 Å². The average Bonchev–Trinajstić information content (AvgIpc) is 2.54. The van der Waals surface area contributed by atoms with Gasteiger partial charge in [-0.15, -0.1) is 0 Å². The molecule has 130 valence electrons. The van der Waals surface area contributed by atoms with Gasteiger partial charge in [0.15, 0.2) is 5.78 Å². The molecule has 0 spiro atoms. The third-order valence-corrected chi connectivity index (χ3v) is 5.08. The van der Waals surface area contributed by atoms with Crippen LogP contribution in [0.3, 0.4) is 0 Å². The second-order valence-corrected chi connectivity index (χ2v) is 7.09. The summed E-state index contributed by atoms with van der Waals surface area (Å²) in [5.41, 5.74) is 2.53. The van der Waals surface area contributed by atoms with E-state index in [1.165, 1.54) is 0 Å². The molecule has 6 heteroatoms. The quantitative estimate of drug-likeness (QED) is 0.774. The molecule has 1 aliphatic rings. The summed E-state index contributed by atoms with van der Waals surface area (Å²) in [5, 5.41) is 9.80. The number of ketones is 1. The van der Waals surface area contributed by atoms with Crippen LogP contribution in [0.5, 0.6) is 0 Å². The Morgan fingerprint density at radius 1 is 1.00 bits per heavy atom. The lowest BCUT2D eigenvalue weighted by atomic mass is 9.98. The number of Topliss-reactive ketones (excluding diaryl/α,β-unsaturated/α-hetero) is 1. The number of nitrogens with zero attached hydrogens (tertiary/aromatic N) is 1. The zero-order chi connectivity index (χ0) is 18.0. The normalized spacial score (nSPS) is 15.0. The molecule has 2 aromatic carbocycles. The topological polar surface area (TPSA) is 57.6 Å². The number of carboxylic acids is 1. The van der Waals surface area contributed by atoms with Crippen LogP contribution in [0.1, 0.15) is 21.5 Å². The number of aliphatic carboxylic acids is 1. The minimum absolute atomic E-state index is 0.0137. The van der Waals surface area contributed by atoms with Gasteiger partial charge in [0.05, 0.1) is 16.0 Å². The van der Waals surface area contributed by atoms with E-state index in [4.69, 9.17) is 28.3 Å². The number of carbonyl (C=O) groups excluding carboxylic acids is 1. The van der Waals surface area contributed by atoms with E-state index in [0.717, 1.165) is 11.1 Å². The Morgan fingerprint density at radius 3 is 2.24 bits per heavy atom. The van der Waals surface area contributed by atoms with E-state index in [1.54, 1.807) is 18.2 Å². The lowest BCUT2D eigenvalue weighted by molar-refractivity contribution is -0.147. The van der Waals surface area contributed by atoms with Gasteiger partial charge >= 0.3 is 5.97 Å². The highest BCUT2D eigenvalue weighted by molar-refractivity contribution is 6.42. The van der Waals surface area contributed by atoms with Gasteiger partial charge in [0.1, 0.15) is 0 Å². The molecule has 1 fully saturated rings. The minimum Gasteiger partial charge on any atom is -0.481 e. The van der Waals surface area contributed by atoms with Crippen molar-refractivity contribution >= 4 is 35.0 Å². The predicted molar refractivity (Wildman–Crippen MR) is 97.3 cm³/mol.